The molecule has 1 atom stereocenters. The average molecular weight is 545 g/mol. The van der Waals surface area contributed by atoms with Crippen LogP contribution in [0.1, 0.15) is 25.3 Å². The third-order valence-electron chi connectivity index (χ3n) is 3.62. The van der Waals surface area contributed by atoms with E-state index in [1.54, 1.807) is 7.11 Å². The van der Waals surface area contributed by atoms with Crippen molar-refractivity contribution in [1.82, 2.24) is 0 Å². The van der Waals surface area contributed by atoms with Crippen LogP contribution in [0.15, 0.2) is 30.3 Å². The lowest BCUT2D eigenvalue weighted by Crippen LogP contribution is -3.00. The highest BCUT2D eigenvalue weighted by atomic mass is 127. The van der Waals surface area contributed by atoms with E-state index in [-0.39, 0.29) is 29.6 Å². The first-order valence-corrected chi connectivity index (χ1v) is 9.16. The number of alkyl halides is 1. The molecule has 23 heavy (non-hydrogen) atoms. The van der Waals surface area contributed by atoms with Crippen LogP contribution in [-0.2, 0) is 20.8 Å². The molecule has 0 N–H and O–H groups in total. The Morgan fingerprint density at radius 3 is 2.70 bits per heavy atom. The van der Waals surface area contributed by atoms with Gasteiger partial charge in [0.25, 0.3) is 0 Å². The minimum absolute atomic E-state index is 0. The summed E-state index contributed by atoms with van der Waals surface area (Å²) in [5, 5.41) is 0. The zero-order valence-corrected chi connectivity index (χ0v) is 18.1. The number of rotatable bonds is 9. The Bertz CT molecular complexity index is 496. The van der Waals surface area contributed by atoms with Gasteiger partial charge in [0.2, 0.25) is 0 Å². The largest absolute Gasteiger partial charge is 1.00 e. The van der Waals surface area contributed by atoms with Crippen LogP contribution in [0, 0.1) is 0 Å². The zero-order chi connectivity index (χ0) is 15.8. The number of hydrogen-bond donors (Lipinski definition) is 0. The number of halogens is 2. The third-order valence-corrected chi connectivity index (χ3v) is 5.24. The van der Waals surface area contributed by atoms with Crippen molar-refractivity contribution >= 4 is 28.5 Å². The molecule has 1 unspecified atom stereocenters. The predicted molar refractivity (Wildman–Crippen MR) is 95.7 cm³/mol. The molecule has 2 rings (SSSR count). The first-order valence-electron chi connectivity index (χ1n) is 7.63. The summed E-state index contributed by atoms with van der Waals surface area (Å²) in [4.78, 5) is 0. The quantitative estimate of drug-likeness (QED) is 0.147. The van der Waals surface area contributed by atoms with E-state index in [0.29, 0.717) is 13.4 Å². The minimum Gasteiger partial charge on any atom is -1.00 e. The van der Waals surface area contributed by atoms with Gasteiger partial charge in [0, 0.05) is 17.1 Å². The predicted octanol–water partition coefficient (Wildman–Crippen LogP) is 0.226. The second-order valence-electron chi connectivity index (χ2n) is 5.84. The van der Waals surface area contributed by atoms with E-state index in [1.165, 1.54) is 5.56 Å². The molecule has 0 fully saturated rings. The van der Waals surface area contributed by atoms with Crippen molar-refractivity contribution in [2.45, 2.75) is 31.9 Å². The van der Waals surface area contributed by atoms with Crippen LogP contribution >= 0.6 is 22.6 Å². The van der Waals surface area contributed by atoms with Gasteiger partial charge in [-0.15, -0.1) is 0 Å². The highest BCUT2D eigenvalue weighted by molar-refractivity contribution is 14.1. The smallest absolute Gasteiger partial charge is 0.337 e. The fraction of sp³-hybridized carbons (Fsp3) is 0.588. The summed E-state index contributed by atoms with van der Waals surface area (Å²) in [6.07, 6.45) is 1.85. The molecule has 0 saturated carbocycles. The highest BCUT2D eigenvalue weighted by Gasteiger charge is 2.41. The number of nitrogens with zero attached hydrogens (tertiary/aromatic N) is 1. The molecule has 6 heteroatoms. The summed E-state index contributed by atoms with van der Waals surface area (Å²) in [6, 6.07) is 10.6. The lowest BCUT2D eigenvalue weighted by Gasteiger charge is -2.16. The number of ether oxygens (including phenoxy) is 3. The van der Waals surface area contributed by atoms with Crippen LogP contribution in [-0.4, -0.2) is 47.6 Å². The highest BCUT2D eigenvalue weighted by Crippen LogP contribution is 2.23. The standard InChI is InChI=1S/C17H25INO3.HI/c1-17(12-18)13-19(11-15-7-4-3-5-8-15)16(22-17)9-6-10-21-14-20-2;/h3-5,7-8H,6,9-14H2,1-2H3;1H/q+1;/p-1. The van der Waals surface area contributed by atoms with Crippen molar-refractivity contribution < 1.29 is 42.8 Å². The Morgan fingerprint density at radius 2 is 2.04 bits per heavy atom. The average Bonchev–Trinajstić information content (AvgIpc) is 2.85. The maximum Gasteiger partial charge on any atom is 0.337 e. The van der Waals surface area contributed by atoms with Crippen molar-refractivity contribution in [3.63, 3.8) is 0 Å². The minimum atomic E-state index is -0.0853. The molecule has 0 saturated heterocycles. The normalized spacial score (nSPS) is 20.3. The molecule has 0 bridgehead atoms. The van der Waals surface area contributed by atoms with Gasteiger partial charge in [-0.25, -0.2) is 0 Å². The van der Waals surface area contributed by atoms with Crippen LogP contribution in [0.5, 0.6) is 0 Å². The fourth-order valence-corrected chi connectivity index (χ4v) is 2.96. The van der Waals surface area contributed by atoms with Crippen molar-refractivity contribution in [3.05, 3.63) is 35.9 Å². The van der Waals surface area contributed by atoms with E-state index < -0.39 is 0 Å². The van der Waals surface area contributed by atoms with E-state index in [2.05, 4.69) is 64.4 Å². The lowest BCUT2D eigenvalue weighted by atomic mass is 10.1. The summed E-state index contributed by atoms with van der Waals surface area (Å²) >= 11 is 2.41. The third kappa shape index (κ3) is 6.83. The van der Waals surface area contributed by atoms with Gasteiger partial charge in [0.05, 0.1) is 13.0 Å². The summed E-state index contributed by atoms with van der Waals surface area (Å²) < 4.78 is 19.8. The van der Waals surface area contributed by atoms with Crippen molar-refractivity contribution in [2.24, 2.45) is 0 Å². The summed E-state index contributed by atoms with van der Waals surface area (Å²) in [5.74, 6) is 1.09. The van der Waals surface area contributed by atoms with E-state index in [0.717, 1.165) is 36.3 Å². The molecule has 1 aliphatic rings. The second-order valence-corrected chi connectivity index (χ2v) is 6.60. The van der Waals surface area contributed by atoms with Gasteiger partial charge in [0.15, 0.2) is 18.7 Å². The molecular formula is C17H25I2NO3. The van der Waals surface area contributed by atoms with Gasteiger partial charge >= 0.3 is 5.90 Å². The van der Waals surface area contributed by atoms with Gasteiger partial charge < -0.3 is 38.2 Å². The molecule has 1 aromatic carbocycles. The molecule has 0 radical (unpaired) electrons. The Morgan fingerprint density at radius 1 is 1.30 bits per heavy atom. The first-order chi connectivity index (χ1) is 10.7. The Labute approximate surface area is 169 Å². The maximum atomic E-state index is 6.24. The van der Waals surface area contributed by atoms with Gasteiger partial charge in [-0.3, -0.25) is 0 Å². The number of benzene rings is 1. The molecule has 0 spiro atoms. The van der Waals surface area contributed by atoms with Gasteiger partial charge in [-0.1, -0.05) is 52.9 Å². The van der Waals surface area contributed by atoms with E-state index in [9.17, 15) is 0 Å². The molecule has 0 aliphatic carbocycles. The molecular weight excluding hydrogens is 520 g/mol. The van der Waals surface area contributed by atoms with Crippen molar-refractivity contribution in [2.75, 3.05) is 31.5 Å². The zero-order valence-electron chi connectivity index (χ0n) is 13.8. The van der Waals surface area contributed by atoms with Crippen LogP contribution in [0.2, 0.25) is 0 Å². The Balaban J connectivity index is 0.00000264. The monoisotopic (exact) mass is 545 g/mol. The second kappa shape index (κ2) is 10.8. The van der Waals surface area contributed by atoms with Crippen LogP contribution in [0.25, 0.3) is 0 Å². The Hall–Kier alpha value is 0.0700. The van der Waals surface area contributed by atoms with Crippen molar-refractivity contribution in [3.8, 4) is 0 Å². The lowest BCUT2D eigenvalue weighted by molar-refractivity contribution is -0.541. The maximum absolute atomic E-state index is 6.24. The topological polar surface area (TPSA) is 30.7 Å². The summed E-state index contributed by atoms with van der Waals surface area (Å²) in [6.45, 7) is 5.09. The van der Waals surface area contributed by atoms with Crippen LogP contribution < -0.4 is 24.0 Å². The van der Waals surface area contributed by atoms with Gasteiger partial charge in [-0.05, 0) is 13.3 Å². The number of methoxy groups -OCH3 is 1. The van der Waals surface area contributed by atoms with Gasteiger partial charge in [-0.2, -0.15) is 4.58 Å². The van der Waals surface area contributed by atoms with E-state index in [1.807, 2.05) is 0 Å². The molecule has 4 nitrogen and oxygen atoms in total. The molecule has 0 aromatic heterocycles. The van der Waals surface area contributed by atoms with Crippen LogP contribution in [0.3, 0.4) is 0 Å². The molecule has 1 aromatic rings. The van der Waals surface area contributed by atoms with E-state index in [4.69, 9.17) is 14.2 Å². The summed E-state index contributed by atoms with van der Waals surface area (Å²) in [7, 11) is 1.64. The van der Waals surface area contributed by atoms with Gasteiger partial charge in [0.1, 0.15) is 6.79 Å². The van der Waals surface area contributed by atoms with Crippen LogP contribution in [0.4, 0.5) is 0 Å². The number of hydrogen-bond acceptors (Lipinski definition) is 3. The fourth-order valence-electron chi connectivity index (χ4n) is 2.57. The Kier molecular flexibility index (Phi) is 9.95. The summed E-state index contributed by atoms with van der Waals surface area (Å²) in [5.41, 5.74) is 1.23. The molecule has 130 valence electrons. The first kappa shape index (κ1) is 21.1. The molecule has 0 amide bonds. The van der Waals surface area contributed by atoms with Crippen molar-refractivity contribution in [1.29, 1.82) is 0 Å². The SMILES string of the molecule is COCOCCCC1=[N+](Cc2ccccc2)CC(C)(CI)O1.[I-]. The molecule has 1 aliphatic heterocycles. The molecule has 1 heterocycles. The van der Waals surface area contributed by atoms with E-state index >= 15 is 0 Å².